The number of carbonyl (C=O) groups excluding carboxylic acids is 1. The van der Waals surface area contributed by atoms with E-state index in [1.54, 1.807) is 4.52 Å². The van der Waals surface area contributed by atoms with E-state index in [4.69, 9.17) is 15.5 Å². The van der Waals surface area contributed by atoms with Crippen molar-refractivity contribution in [1.82, 2.24) is 19.9 Å². The summed E-state index contributed by atoms with van der Waals surface area (Å²) in [4.78, 5) is 18.9. The highest BCUT2D eigenvalue weighted by Crippen LogP contribution is 2.24. The van der Waals surface area contributed by atoms with Crippen LogP contribution in [0.4, 0.5) is 10.6 Å². The van der Waals surface area contributed by atoms with Crippen molar-refractivity contribution < 1.29 is 9.53 Å². The third kappa shape index (κ3) is 4.07. The molecule has 1 saturated heterocycles. The molecular formula is C18H28N6O2. The number of amides is 1. The van der Waals surface area contributed by atoms with Gasteiger partial charge in [-0.1, -0.05) is 0 Å². The number of rotatable bonds is 3. The zero-order valence-corrected chi connectivity index (χ0v) is 16.1. The maximum atomic E-state index is 12.0. The van der Waals surface area contributed by atoms with Crippen LogP contribution in [0.3, 0.4) is 0 Å². The molecule has 0 aliphatic carbocycles. The molecule has 0 radical (unpaired) electrons. The number of nitrogens with one attached hydrogen (secondary N) is 1. The highest BCUT2D eigenvalue weighted by atomic mass is 16.6. The first-order valence-corrected chi connectivity index (χ1v) is 8.99. The molecule has 1 aliphatic heterocycles. The van der Waals surface area contributed by atoms with Crippen LogP contribution < -0.4 is 16.0 Å². The number of alkyl carbamates (subject to hydrolysis) is 1. The maximum Gasteiger partial charge on any atom is 0.407 e. The van der Waals surface area contributed by atoms with Crippen LogP contribution in [0, 0.1) is 6.92 Å². The van der Waals surface area contributed by atoms with Gasteiger partial charge in [0.1, 0.15) is 11.4 Å². The summed E-state index contributed by atoms with van der Waals surface area (Å²) in [6.07, 6.45) is 2.45. The van der Waals surface area contributed by atoms with Gasteiger partial charge in [-0.15, -0.1) is 0 Å². The zero-order valence-electron chi connectivity index (χ0n) is 16.1. The van der Waals surface area contributed by atoms with E-state index in [1.807, 2.05) is 46.9 Å². The second-order valence-electron chi connectivity index (χ2n) is 7.99. The number of ether oxygens (including phenoxy) is 1. The maximum absolute atomic E-state index is 12.0. The molecule has 2 atom stereocenters. The molecule has 0 saturated carbocycles. The Morgan fingerprint density at radius 2 is 2.19 bits per heavy atom. The number of anilines is 1. The first kappa shape index (κ1) is 18.4. The number of nitrogens with two attached hydrogens (primary N) is 1. The zero-order chi connectivity index (χ0) is 19.1. The molecule has 0 bridgehead atoms. The molecule has 8 nitrogen and oxygen atoms in total. The molecule has 8 heteroatoms. The second-order valence-corrected chi connectivity index (χ2v) is 7.99. The third-order valence-electron chi connectivity index (χ3n) is 4.30. The number of fused-ring (bicyclic) bond motifs is 1. The highest BCUT2D eigenvalue weighted by molar-refractivity contribution is 5.68. The summed E-state index contributed by atoms with van der Waals surface area (Å²) in [6, 6.07) is 1.83. The molecule has 3 N–H and O–H groups in total. The molecular weight excluding hydrogens is 332 g/mol. The Morgan fingerprint density at radius 1 is 1.46 bits per heavy atom. The number of carbonyl (C=O) groups is 1. The molecule has 142 valence electrons. The Hall–Kier alpha value is -2.35. The van der Waals surface area contributed by atoms with Crippen molar-refractivity contribution in [3.05, 3.63) is 23.5 Å². The van der Waals surface area contributed by atoms with Gasteiger partial charge in [0.15, 0.2) is 5.65 Å². The second kappa shape index (κ2) is 6.75. The van der Waals surface area contributed by atoms with Crippen molar-refractivity contribution in [1.29, 1.82) is 0 Å². The van der Waals surface area contributed by atoms with Crippen molar-refractivity contribution in [2.45, 2.75) is 58.7 Å². The number of aromatic nitrogens is 3. The Bertz CT molecular complexity index is 808. The van der Waals surface area contributed by atoms with Crippen LogP contribution in [0.5, 0.6) is 0 Å². The monoisotopic (exact) mass is 360 g/mol. The summed E-state index contributed by atoms with van der Waals surface area (Å²) < 4.78 is 7.11. The van der Waals surface area contributed by atoms with Gasteiger partial charge < -0.3 is 20.7 Å². The molecule has 2 aromatic heterocycles. The van der Waals surface area contributed by atoms with Crippen molar-refractivity contribution >= 4 is 17.6 Å². The molecule has 0 aromatic carbocycles. The first-order chi connectivity index (χ1) is 12.1. The van der Waals surface area contributed by atoms with E-state index in [2.05, 4.69) is 15.3 Å². The van der Waals surface area contributed by atoms with E-state index in [9.17, 15) is 4.79 Å². The van der Waals surface area contributed by atoms with E-state index < -0.39 is 5.60 Å². The van der Waals surface area contributed by atoms with Crippen molar-refractivity contribution in [2.75, 3.05) is 18.0 Å². The molecule has 1 fully saturated rings. The minimum atomic E-state index is -0.495. The fourth-order valence-electron chi connectivity index (χ4n) is 3.11. The Labute approximate surface area is 153 Å². The summed E-state index contributed by atoms with van der Waals surface area (Å²) in [5.74, 6) is 0.919. The minimum absolute atomic E-state index is 0.0480. The molecule has 3 rings (SSSR count). The normalized spacial score (nSPS) is 19.0. The van der Waals surface area contributed by atoms with Gasteiger partial charge in [-0.05, 0) is 41.0 Å². The molecule has 3 heterocycles. The van der Waals surface area contributed by atoms with Gasteiger partial charge in [0.25, 0.3) is 0 Å². The lowest BCUT2D eigenvalue weighted by Gasteiger charge is -2.22. The Kier molecular flexibility index (Phi) is 4.79. The van der Waals surface area contributed by atoms with E-state index >= 15 is 0 Å². The largest absolute Gasteiger partial charge is 0.444 e. The van der Waals surface area contributed by atoms with Gasteiger partial charge in [-0.2, -0.15) is 5.10 Å². The summed E-state index contributed by atoms with van der Waals surface area (Å²) in [7, 11) is 0. The Balaban J connectivity index is 1.72. The molecule has 0 unspecified atom stereocenters. The van der Waals surface area contributed by atoms with Crippen LogP contribution in [-0.2, 0) is 4.74 Å². The third-order valence-corrected chi connectivity index (χ3v) is 4.30. The average Bonchev–Trinajstić information content (AvgIpc) is 3.10. The highest BCUT2D eigenvalue weighted by Gasteiger charge is 2.28. The van der Waals surface area contributed by atoms with E-state index in [-0.39, 0.29) is 18.2 Å². The number of aryl methyl sites for hydroxylation is 1. The van der Waals surface area contributed by atoms with E-state index in [0.29, 0.717) is 6.54 Å². The smallest absolute Gasteiger partial charge is 0.407 e. The number of hydrogen-bond acceptors (Lipinski definition) is 6. The molecule has 0 spiro atoms. The van der Waals surface area contributed by atoms with Gasteiger partial charge in [-0.25, -0.2) is 14.3 Å². The first-order valence-electron chi connectivity index (χ1n) is 8.99. The quantitative estimate of drug-likeness (QED) is 0.870. The van der Waals surface area contributed by atoms with Crippen LogP contribution in [0.2, 0.25) is 0 Å². The lowest BCUT2D eigenvalue weighted by Crippen LogP contribution is -2.40. The summed E-state index contributed by atoms with van der Waals surface area (Å²) in [5, 5.41) is 7.41. The molecule has 1 aliphatic rings. The van der Waals surface area contributed by atoms with Crippen LogP contribution >= 0.6 is 0 Å². The van der Waals surface area contributed by atoms with Crippen molar-refractivity contribution in [3.63, 3.8) is 0 Å². The molecule has 1 amide bonds. The van der Waals surface area contributed by atoms with Gasteiger partial charge >= 0.3 is 6.09 Å². The van der Waals surface area contributed by atoms with E-state index in [1.165, 1.54) is 0 Å². The predicted octanol–water partition coefficient (Wildman–Crippen LogP) is 2.16. The minimum Gasteiger partial charge on any atom is -0.444 e. The van der Waals surface area contributed by atoms with E-state index in [0.717, 1.165) is 35.7 Å². The summed E-state index contributed by atoms with van der Waals surface area (Å²) in [5.41, 5.74) is 8.06. The number of nitrogens with zero attached hydrogens (tertiary/aromatic N) is 4. The fraction of sp³-hybridized carbons (Fsp3) is 0.611. The Morgan fingerprint density at radius 3 is 2.85 bits per heavy atom. The molecule has 2 aromatic rings. The van der Waals surface area contributed by atoms with Gasteiger partial charge in [-0.3, -0.25) is 0 Å². The predicted molar refractivity (Wildman–Crippen MR) is 100 cm³/mol. The van der Waals surface area contributed by atoms with Crippen molar-refractivity contribution in [3.8, 4) is 0 Å². The number of hydrogen-bond donors (Lipinski definition) is 2. The van der Waals surface area contributed by atoms with Crippen LogP contribution in [0.25, 0.3) is 5.65 Å². The summed E-state index contributed by atoms with van der Waals surface area (Å²) >= 11 is 0. The van der Waals surface area contributed by atoms with Crippen LogP contribution in [0.1, 0.15) is 51.4 Å². The van der Waals surface area contributed by atoms with Crippen molar-refractivity contribution in [2.24, 2.45) is 5.73 Å². The topological polar surface area (TPSA) is 97.8 Å². The molecule has 26 heavy (non-hydrogen) atoms. The average molecular weight is 360 g/mol. The standard InChI is InChI=1S/C18H28N6O2/c1-11-9-24-15(8-14(22-24)12(2)19)21-16(11)23-7-6-13(10-23)20-17(25)26-18(3,4)5/h8-9,12-13H,6-7,10,19H2,1-5H3,(H,20,25)/t12-,13-/m0/s1. The lowest BCUT2D eigenvalue weighted by molar-refractivity contribution is 0.0509. The van der Waals surface area contributed by atoms with Gasteiger partial charge in [0.05, 0.1) is 11.7 Å². The lowest BCUT2D eigenvalue weighted by atomic mass is 10.2. The van der Waals surface area contributed by atoms with Crippen LogP contribution in [0.15, 0.2) is 12.3 Å². The van der Waals surface area contributed by atoms with Crippen LogP contribution in [-0.4, -0.2) is 45.4 Å². The summed E-state index contributed by atoms with van der Waals surface area (Å²) in [6.45, 7) is 11.0. The van der Waals surface area contributed by atoms with Gasteiger partial charge in [0, 0.05) is 37.0 Å². The SMILES string of the molecule is Cc1cn2nc([C@H](C)N)cc2nc1N1CC[C@H](NC(=O)OC(C)(C)C)C1. The fourth-order valence-corrected chi connectivity index (χ4v) is 3.11. The van der Waals surface area contributed by atoms with Gasteiger partial charge in [0.2, 0.25) is 0 Å².